The summed E-state index contributed by atoms with van der Waals surface area (Å²) in [4.78, 5) is 32.0. The zero-order valence-electron chi connectivity index (χ0n) is 18.3. The number of anilines is 1. The van der Waals surface area contributed by atoms with Gasteiger partial charge in [0.1, 0.15) is 5.69 Å². The minimum Gasteiger partial charge on any atom is -0.321 e. The van der Waals surface area contributed by atoms with Crippen LogP contribution in [0.4, 0.5) is 14.5 Å². The number of alkyl halides is 2. The number of aldehydes is 1. The predicted octanol–water partition coefficient (Wildman–Crippen LogP) is 5.09. The van der Waals surface area contributed by atoms with Gasteiger partial charge in [0.15, 0.2) is 12.0 Å². The SMILES string of the molecule is Cc1ccc(NC(=O)c2cc(C(C)(F)F)cnn2)cc1-c1cncc(-c2ccnc(C=O)c2)c1. The fourth-order valence-electron chi connectivity index (χ4n) is 3.36. The lowest BCUT2D eigenvalue weighted by molar-refractivity contribution is 0.0169. The molecule has 0 unspecified atom stereocenters. The van der Waals surface area contributed by atoms with E-state index >= 15 is 0 Å². The van der Waals surface area contributed by atoms with Gasteiger partial charge in [0.25, 0.3) is 11.8 Å². The van der Waals surface area contributed by atoms with Crippen LogP contribution >= 0.6 is 0 Å². The molecule has 9 heteroatoms. The van der Waals surface area contributed by atoms with Crippen molar-refractivity contribution in [3.8, 4) is 22.3 Å². The number of amides is 1. The van der Waals surface area contributed by atoms with Crippen molar-refractivity contribution in [2.75, 3.05) is 5.32 Å². The Morgan fingerprint density at radius 2 is 1.79 bits per heavy atom. The summed E-state index contributed by atoms with van der Waals surface area (Å²) in [5.74, 6) is -3.79. The maximum Gasteiger partial charge on any atom is 0.276 e. The molecule has 0 spiro atoms. The molecular formula is C25H19F2N5O2. The number of hydrogen-bond acceptors (Lipinski definition) is 6. The zero-order valence-corrected chi connectivity index (χ0v) is 18.3. The highest BCUT2D eigenvalue weighted by Crippen LogP contribution is 2.30. The molecule has 0 aliphatic rings. The van der Waals surface area contributed by atoms with E-state index in [0.717, 1.165) is 47.0 Å². The zero-order chi connectivity index (χ0) is 24.3. The van der Waals surface area contributed by atoms with Gasteiger partial charge in [-0.15, -0.1) is 5.10 Å². The molecule has 0 aliphatic heterocycles. The van der Waals surface area contributed by atoms with E-state index in [4.69, 9.17) is 0 Å². The number of carbonyl (C=O) groups excluding carboxylic acids is 2. The van der Waals surface area contributed by atoms with Gasteiger partial charge in [0.05, 0.1) is 6.20 Å². The first-order chi connectivity index (χ1) is 16.2. The lowest BCUT2D eigenvalue weighted by Crippen LogP contribution is -2.17. The van der Waals surface area contributed by atoms with Crippen molar-refractivity contribution in [1.82, 2.24) is 20.2 Å². The molecule has 0 saturated carbocycles. The molecule has 1 N–H and O–H groups in total. The van der Waals surface area contributed by atoms with Gasteiger partial charge in [-0.25, -0.2) is 8.78 Å². The Morgan fingerprint density at radius 3 is 2.56 bits per heavy atom. The summed E-state index contributed by atoms with van der Waals surface area (Å²) < 4.78 is 27.2. The third kappa shape index (κ3) is 4.98. The van der Waals surface area contributed by atoms with Gasteiger partial charge in [0.2, 0.25) is 0 Å². The number of aryl methyl sites for hydroxylation is 1. The summed E-state index contributed by atoms with van der Waals surface area (Å²) >= 11 is 0. The number of benzene rings is 1. The van der Waals surface area contributed by atoms with Gasteiger partial charge in [-0.2, -0.15) is 5.10 Å². The molecule has 7 nitrogen and oxygen atoms in total. The molecular weight excluding hydrogens is 440 g/mol. The number of aromatic nitrogens is 4. The largest absolute Gasteiger partial charge is 0.321 e. The summed E-state index contributed by atoms with van der Waals surface area (Å²) in [6.45, 7) is 2.65. The van der Waals surface area contributed by atoms with E-state index in [1.54, 1.807) is 42.9 Å². The summed E-state index contributed by atoms with van der Waals surface area (Å²) in [5, 5.41) is 9.87. The van der Waals surface area contributed by atoms with E-state index in [0.29, 0.717) is 17.7 Å². The standard InChI is InChI=1S/C25H19F2N5O2/c1-15-3-4-20(31-24(34)23-9-19(13-30-32-23)25(2,26)27)10-22(15)18-7-17(11-28-12-18)16-5-6-29-21(8-16)14-33/h3-14H,1-2H3,(H,31,34). The Hall–Kier alpha value is -4.40. The van der Waals surface area contributed by atoms with Crippen molar-refractivity contribution in [1.29, 1.82) is 0 Å². The van der Waals surface area contributed by atoms with Crippen molar-refractivity contribution in [3.05, 3.63) is 89.8 Å². The molecule has 0 radical (unpaired) electrons. The fourth-order valence-corrected chi connectivity index (χ4v) is 3.36. The molecule has 3 aromatic heterocycles. The Balaban J connectivity index is 1.63. The van der Waals surface area contributed by atoms with E-state index < -0.39 is 17.4 Å². The van der Waals surface area contributed by atoms with Gasteiger partial charge < -0.3 is 5.32 Å². The van der Waals surface area contributed by atoms with Crippen molar-refractivity contribution in [3.63, 3.8) is 0 Å². The molecule has 0 bridgehead atoms. The predicted molar refractivity (Wildman–Crippen MR) is 123 cm³/mol. The lowest BCUT2D eigenvalue weighted by Gasteiger charge is -2.12. The van der Waals surface area contributed by atoms with Crippen LogP contribution < -0.4 is 5.32 Å². The van der Waals surface area contributed by atoms with Crippen LogP contribution in [0, 0.1) is 6.92 Å². The monoisotopic (exact) mass is 459 g/mol. The molecule has 4 rings (SSSR count). The molecule has 0 fully saturated rings. The third-order valence-electron chi connectivity index (χ3n) is 5.17. The fraction of sp³-hybridized carbons (Fsp3) is 0.120. The first kappa shape index (κ1) is 22.8. The Labute approximate surface area is 193 Å². The van der Waals surface area contributed by atoms with Crippen LogP contribution in [0.3, 0.4) is 0 Å². The van der Waals surface area contributed by atoms with Crippen LogP contribution in [0.25, 0.3) is 22.3 Å². The van der Waals surface area contributed by atoms with E-state index in [-0.39, 0.29) is 5.69 Å². The number of halogens is 2. The first-order valence-corrected chi connectivity index (χ1v) is 10.2. The van der Waals surface area contributed by atoms with Crippen LogP contribution in [0.5, 0.6) is 0 Å². The normalized spacial score (nSPS) is 11.2. The van der Waals surface area contributed by atoms with Gasteiger partial charge in [-0.3, -0.25) is 19.6 Å². The van der Waals surface area contributed by atoms with Gasteiger partial charge >= 0.3 is 0 Å². The highest BCUT2D eigenvalue weighted by atomic mass is 19.3. The maximum atomic E-state index is 13.6. The molecule has 3 heterocycles. The number of carbonyl (C=O) groups is 2. The van der Waals surface area contributed by atoms with E-state index in [1.807, 2.05) is 19.1 Å². The Bertz CT molecular complexity index is 1390. The lowest BCUT2D eigenvalue weighted by atomic mass is 9.98. The Kier molecular flexibility index (Phi) is 6.18. The van der Waals surface area contributed by atoms with Crippen molar-refractivity contribution in [2.45, 2.75) is 19.8 Å². The minimum absolute atomic E-state index is 0.214. The quantitative estimate of drug-likeness (QED) is 0.404. The van der Waals surface area contributed by atoms with Crippen LogP contribution in [-0.2, 0) is 5.92 Å². The average Bonchev–Trinajstić information content (AvgIpc) is 2.85. The molecule has 4 aromatic rings. The van der Waals surface area contributed by atoms with Crippen molar-refractivity contribution >= 4 is 17.9 Å². The summed E-state index contributed by atoms with van der Waals surface area (Å²) in [6, 6.07) is 11.7. The highest BCUT2D eigenvalue weighted by Gasteiger charge is 2.26. The van der Waals surface area contributed by atoms with Crippen LogP contribution in [0.2, 0.25) is 0 Å². The Morgan fingerprint density at radius 1 is 1.00 bits per heavy atom. The second kappa shape index (κ2) is 9.22. The number of pyridine rings is 2. The second-order valence-electron chi connectivity index (χ2n) is 7.75. The highest BCUT2D eigenvalue weighted by molar-refractivity contribution is 6.03. The molecule has 170 valence electrons. The number of hydrogen-bond donors (Lipinski definition) is 1. The van der Waals surface area contributed by atoms with Crippen molar-refractivity contribution in [2.24, 2.45) is 0 Å². The average molecular weight is 459 g/mol. The second-order valence-corrected chi connectivity index (χ2v) is 7.75. The topological polar surface area (TPSA) is 97.7 Å². The first-order valence-electron chi connectivity index (χ1n) is 10.2. The molecule has 0 atom stereocenters. The van der Waals surface area contributed by atoms with E-state index in [9.17, 15) is 18.4 Å². The van der Waals surface area contributed by atoms with Gasteiger partial charge in [-0.05, 0) is 60.0 Å². The van der Waals surface area contributed by atoms with Crippen LogP contribution in [0.1, 0.15) is 39.0 Å². The summed E-state index contributed by atoms with van der Waals surface area (Å²) in [7, 11) is 0. The summed E-state index contributed by atoms with van der Waals surface area (Å²) in [6.07, 6.45) is 6.54. The third-order valence-corrected chi connectivity index (χ3v) is 5.17. The smallest absolute Gasteiger partial charge is 0.276 e. The minimum atomic E-state index is -3.14. The molecule has 0 aliphatic carbocycles. The molecule has 1 aromatic carbocycles. The van der Waals surface area contributed by atoms with Gasteiger partial charge in [-0.1, -0.05) is 6.07 Å². The van der Waals surface area contributed by atoms with Crippen LogP contribution in [-0.4, -0.2) is 32.4 Å². The maximum absolute atomic E-state index is 13.6. The molecule has 34 heavy (non-hydrogen) atoms. The van der Waals surface area contributed by atoms with Gasteiger partial charge in [0, 0.05) is 47.9 Å². The van der Waals surface area contributed by atoms with E-state index in [1.165, 1.54) is 0 Å². The number of rotatable bonds is 6. The number of nitrogens with zero attached hydrogens (tertiary/aromatic N) is 4. The van der Waals surface area contributed by atoms with E-state index in [2.05, 4.69) is 25.5 Å². The molecule has 0 saturated heterocycles. The summed E-state index contributed by atoms with van der Waals surface area (Å²) in [5.41, 5.74) is 4.30. The van der Waals surface area contributed by atoms with Crippen LogP contribution in [0.15, 0.2) is 67.3 Å². The molecule has 1 amide bonds. The number of nitrogens with one attached hydrogen (secondary N) is 1. The van der Waals surface area contributed by atoms with Crippen molar-refractivity contribution < 1.29 is 18.4 Å².